The minimum Gasteiger partial charge on any atom is -0.450 e. The minimum absolute atomic E-state index is 0.0130. The number of rotatable bonds is 6. The molecule has 1 N–H and O–H groups in total. The van der Waals surface area contributed by atoms with Crippen LogP contribution in [-0.4, -0.2) is 50.7 Å². The summed E-state index contributed by atoms with van der Waals surface area (Å²) >= 11 is 5.79. The lowest BCUT2D eigenvalue weighted by molar-refractivity contribution is 0.150. The first-order valence-electron chi connectivity index (χ1n) is 7.60. The maximum Gasteiger partial charge on any atom is 0.407 e. The van der Waals surface area contributed by atoms with Crippen LogP contribution in [0.5, 0.6) is 0 Å². The molecule has 134 valence electrons. The van der Waals surface area contributed by atoms with Crippen LogP contribution in [0, 0.1) is 0 Å². The molecule has 0 aliphatic carbocycles. The Morgan fingerprint density at radius 1 is 1.42 bits per heavy atom. The van der Waals surface area contributed by atoms with Gasteiger partial charge in [0, 0.05) is 24.2 Å². The zero-order valence-electron chi connectivity index (χ0n) is 13.2. The minimum atomic E-state index is -3.71. The molecule has 9 heteroatoms. The molecule has 1 aliphatic heterocycles. The molecule has 0 spiro atoms. The van der Waals surface area contributed by atoms with Gasteiger partial charge in [-0.1, -0.05) is 23.7 Å². The highest BCUT2D eigenvalue weighted by Gasteiger charge is 2.39. The van der Waals surface area contributed by atoms with E-state index < -0.39 is 28.3 Å². The highest BCUT2D eigenvalue weighted by molar-refractivity contribution is 7.88. The highest BCUT2D eigenvalue weighted by Crippen LogP contribution is 2.25. The summed E-state index contributed by atoms with van der Waals surface area (Å²) in [6.07, 6.45) is -1.85. The first kappa shape index (κ1) is 19.0. The number of carbonyl (C=O) groups is 1. The number of carbonyl (C=O) groups excluding carboxylic acids is 1. The van der Waals surface area contributed by atoms with Gasteiger partial charge >= 0.3 is 6.09 Å². The molecule has 2 rings (SSSR count). The molecule has 1 aromatic rings. The number of hydrogen-bond acceptors (Lipinski definition) is 4. The molecule has 1 aliphatic rings. The van der Waals surface area contributed by atoms with E-state index in [1.165, 1.54) is 0 Å². The number of amides is 1. The van der Waals surface area contributed by atoms with Gasteiger partial charge in [0.15, 0.2) is 0 Å². The van der Waals surface area contributed by atoms with Gasteiger partial charge < -0.3 is 10.1 Å². The van der Waals surface area contributed by atoms with Crippen molar-refractivity contribution < 1.29 is 22.3 Å². The molecule has 6 nitrogen and oxygen atoms in total. The van der Waals surface area contributed by atoms with Crippen molar-refractivity contribution >= 4 is 27.7 Å². The smallest absolute Gasteiger partial charge is 0.407 e. The molecule has 0 unspecified atom stereocenters. The van der Waals surface area contributed by atoms with E-state index in [0.717, 1.165) is 4.31 Å². The molecule has 0 radical (unpaired) electrons. The summed E-state index contributed by atoms with van der Waals surface area (Å²) in [4.78, 5) is 11.4. The summed E-state index contributed by atoms with van der Waals surface area (Å²) in [5.74, 6) is -0.243. The third-order valence-electron chi connectivity index (χ3n) is 3.69. The van der Waals surface area contributed by atoms with Crippen LogP contribution in [0.1, 0.15) is 18.9 Å². The zero-order chi connectivity index (χ0) is 17.7. The lowest BCUT2D eigenvalue weighted by atomic mass is 10.2. The monoisotopic (exact) mass is 378 g/mol. The topological polar surface area (TPSA) is 75.7 Å². The fourth-order valence-corrected chi connectivity index (χ4v) is 4.52. The fourth-order valence-electron chi connectivity index (χ4n) is 2.61. The summed E-state index contributed by atoms with van der Waals surface area (Å²) in [5, 5.41) is 2.98. The van der Waals surface area contributed by atoms with Crippen molar-refractivity contribution in [2.75, 3.05) is 19.7 Å². The van der Waals surface area contributed by atoms with E-state index in [1.807, 2.05) is 0 Å². The van der Waals surface area contributed by atoms with Crippen molar-refractivity contribution in [3.8, 4) is 0 Å². The Morgan fingerprint density at radius 3 is 2.71 bits per heavy atom. The third kappa shape index (κ3) is 5.06. The van der Waals surface area contributed by atoms with Crippen LogP contribution >= 0.6 is 11.6 Å². The van der Waals surface area contributed by atoms with Crippen LogP contribution in [0.25, 0.3) is 0 Å². The predicted octanol–water partition coefficient (Wildman–Crippen LogP) is 2.33. The average Bonchev–Trinajstić information content (AvgIpc) is 2.90. The average molecular weight is 379 g/mol. The van der Waals surface area contributed by atoms with E-state index in [0.29, 0.717) is 10.6 Å². The van der Waals surface area contributed by atoms with Crippen LogP contribution in [0.2, 0.25) is 5.02 Å². The van der Waals surface area contributed by atoms with Gasteiger partial charge in [0.05, 0.1) is 12.4 Å². The maximum atomic E-state index is 13.8. The van der Waals surface area contributed by atoms with Gasteiger partial charge in [0.1, 0.15) is 6.17 Å². The second-order valence-electron chi connectivity index (χ2n) is 5.54. The summed E-state index contributed by atoms with van der Waals surface area (Å²) in [6.45, 7) is 1.68. The summed E-state index contributed by atoms with van der Waals surface area (Å²) in [7, 11) is -3.71. The fraction of sp³-hybridized carbons (Fsp3) is 0.533. The quantitative estimate of drug-likeness (QED) is 0.824. The Kier molecular flexibility index (Phi) is 6.42. The zero-order valence-corrected chi connectivity index (χ0v) is 14.8. The predicted molar refractivity (Wildman–Crippen MR) is 89.1 cm³/mol. The highest BCUT2D eigenvalue weighted by atomic mass is 35.5. The van der Waals surface area contributed by atoms with E-state index in [9.17, 15) is 17.6 Å². The van der Waals surface area contributed by atoms with Crippen molar-refractivity contribution in [1.29, 1.82) is 0 Å². The molecule has 0 bridgehead atoms. The van der Waals surface area contributed by atoms with Crippen LogP contribution in [-0.2, 0) is 20.5 Å². The summed E-state index contributed by atoms with van der Waals surface area (Å²) < 4.78 is 44.8. The van der Waals surface area contributed by atoms with E-state index in [-0.39, 0.29) is 31.9 Å². The van der Waals surface area contributed by atoms with Crippen molar-refractivity contribution in [2.24, 2.45) is 0 Å². The van der Waals surface area contributed by atoms with Gasteiger partial charge in [-0.25, -0.2) is 17.6 Å². The van der Waals surface area contributed by atoms with Crippen molar-refractivity contribution in [3.63, 3.8) is 0 Å². The summed E-state index contributed by atoms with van der Waals surface area (Å²) in [6, 6.07) is 5.83. The Bertz CT molecular complexity index is 669. The van der Waals surface area contributed by atoms with Gasteiger partial charge in [-0.3, -0.25) is 0 Å². The Hall–Kier alpha value is -1.38. The number of nitrogens with zero attached hydrogens (tertiary/aromatic N) is 1. The van der Waals surface area contributed by atoms with E-state index in [2.05, 4.69) is 5.32 Å². The van der Waals surface area contributed by atoms with Crippen LogP contribution in [0.15, 0.2) is 24.3 Å². The van der Waals surface area contributed by atoms with Gasteiger partial charge in [0.25, 0.3) is 0 Å². The molecule has 1 aromatic carbocycles. The van der Waals surface area contributed by atoms with Crippen LogP contribution in [0.4, 0.5) is 9.18 Å². The summed E-state index contributed by atoms with van der Waals surface area (Å²) in [5.41, 5.74) is 0.568. The number of alkyl halides is 1. The van der Waals surface area contributed by atoms with Crippen molar-refractivity contribution in [3.05, 3.63) is 34.9 Å². The molecular weight excluding hydrogens is 359 g/mol. The van der Waals surface area contributed by atoms with Gasteiger partial charge in [0.2, 0.25) is 10.0 Å². The molecule has 0 saturated carbocycles. The second kappa shape index (κ2) is 8.13. The molecule has 2 atom stereocenters. The van der Waals surface area contributed by atoms with E-state index >= 15 is 0 Å². The number of halogens is 2. The standard InChI is InChI=1S/C15H20ClFN2O4S/c1-2-23-15(20)18-8-14-7-13(17)9-19(14)24(21,22)10-11-3-5-12(16)6-4-11/h3-6,13-14H,2,7-10H2,1H3,(H,18,20)/t13-,14-/m0/s1. The van der Waals surface area contributed by atoms with E-state index in [4.69, 9.17) is 16.3 Å². The third-order valence-corrected chi connectivity index (χ3v) is 5.80. The van der Waals surface area contributed by atoms with Gasteiger partial charge in [-0.2, -0.15) is 4.31 Å². The number of alkyl carbamates (subject to hydrolysis) is 1. The largest absolute Gasteiger partial charge is 0.450 e. The molecule has 0 aromatic heterocycles. The number of sulfonamides is 1. The van der Waals surface area contributed by atoms with Crippen molar-refractivity contribution in [2.45, 2.75) is 31.3 Å². The van der Waals surface area contributed by atoms with Crippen LogP contribution < -0.4 is 5.32 Å². The molecule has 1 amide bonds. The molecule has 1 fully saturated rings. The molecule has 1 saturated heterocycles. The lowest BCUT2D eigenvalue weighted by Crippen LogP contribution is -2.43. The molecule has 24 heavy (non-hydrogen) atoms. The van der Waals surface area contributed by atoms with Gasteiger partial charge in [-0.15, -0.1) is 0 Å². The normalized spacial score (nSPS) is 21.6. The maximum absolute atomic E-state index is 13.8. The molecule has 1 heterocycles. The van der Waals surface area contributed by atoms with Crippen molar-refractivity contribution in [1.82, 2.24) is 9.62 Å². The number of nitrogens with one attached hydrogen (secondary N) is 1. The molecular formula is C15H20ClFN2O4S. The SMILES string of the molecule is CCOC(=O)NC[C@@H]1C[C@H](F)CN1S(=O)(=O)Cc1ccc(Cl)cc1. The lowest BCUT2D eigenvalue weighted by Gasteiger charge is -2.23. The van der Waals surface area contributed by atoms with Gasteiger partial charge in [-0.05, 0) is 31.0 Å². The first-order valence-corrected chi connectivity index (χ1v) is 9.59. The number of hydrogen-bond donors (Lipinski definition) is 1. The Labute approximate surface area is 146 Å². The number of benzene rings is 1. The van der Waals surface area contributed by atoms with Crippen LogP contribution in [0.3, 0.4) is 0 Å². The second-order valence-corrected chi connectivity index (χ2v) is 7.90. The Balaban J connectivity index is 2.05. The first-order chi connectivity index (χ1) is 11.3. The Morgan fingerprint density at radius 2 is 2.08 bits per heavy atom. The number of ether oxygens (including phenoxy) is 1. The van der Waals surface area contributed by atoms with E-state index in [1.54, 1.807) is 31.2 Å².